The van der Waals surface area contributed by atoms with Crippen molar-refractivity contribution < 1.29 is 4.42 Å². The number of para-hydroxylation sites is 1. The predicted molar refractivity (Wildman–Crippen MR) is 212 cm³/mol. The summed E-state index contributed by atoms with van der Waals surface area (Å²) in [5.41, 5.74) is 11.3. The number of aromatic nitrogens is 2. The minimum absolute atomic E-state index is 0.588. The first-order chi connectivity index (χ1) is 25.3. The predicted octanol–water partition coefficient (Wildman–Crippen LogP) is 13.0. The second kappa shape index (κ2) is 11.9. The van der Waals surface area contributed by atoms with E-state index in [-0.39, 0.29) is 0 Å². The van der Waals surface area contributed by atoms with Gasteiger partial charge in [0.2, 0.25) is 5.71 Å². The van der Waals surface area contributed by atoms with Crippen LogP contribution in [0.3, 0.4) is 0 Å². The first-order valence-electron chi connectivity index (χ1n) is 17.2. The van der Waals surface area contributed by atoms with E-state index in [2.05, 4.69) is 146 Å². The van der Waals surface area contributed by atoms with Crippen LogP contribution in [-0.4, -0.2) is 9.97 Å². The van der Waals surface area contributed by atoms with Crippen LogP contribution >= 0.6 is 0 Å². The highest BCUT2D eigenvalue weighted by Gasteiger charge is 2.19. The molecule has 8 aromatic carbocycles. The number of furan rings is 1. The maximum atomic E-state index is 6.31. The molecule has 0 unspecified atom stereocenters. The molecule has 0 aliphatic carbocycles. The topological polar surface area (TPSA) is 38.9 Å². The Balaban J connectivity index is 1.13. The van der Waals surface area contributed by atoms with Gasteiger partial charge >= 0.3 is 0 Å². The first-order valence-corrected chi connectivity index (χ1v) is 17.2. The molecule has 0 N–H and O–H groups in total. The molecular formula is C48H30N2O. The number of nitrogens with zero attached hydrogens (tertiary/aromatic N) is 2. The summed E-state index contributed by atoms with van der Waals surface area (Å²) in [6, 6.07) is 64.1. The zero-order valence-corrected chi connectivity index (χ0v) is 27.6. The Labute approximate surface area is 295 Å². The fourth-order valence-corrected chi connectivity index (χ4v) is 7.60. The van der Waals surface area contributed by atoms with E-state index in [0.717, 1.165) is 44.3 Å². The van der Waals surface area contributed by atoms with Crippen molar-refractivity contribution in [2.75, 3.05) is 0 Å². The van der Waals surface area contributed by atoms with Crippen LogP contribution in [0, 0.1) is 0 Å². The van der Waals surface area contributed by atoms with Crippen LogP contribution in [0.15, 0.2) is 186 Å². The van der Waals surface area contributed by atoms with Gasteiger partial charge < -0.3 is 4.42 Å². The Hall–Kier alpha value is -6.84. The average molecular weight is 651 g/mol. The van der Waals surface area contributed by atoms with Crippen molar-refractivity contribution in [1.29, 1.82) is 0 Å². The van der Waals surface area contributed by atoms with Gasteiger partial charge in [0.15, 0.2) is 5.82 Å². The molecule has 0 atom stereocenters. The molecule has 0 amide bonds. The van der Waals surface area contributed by atoms with Crippen LogP contribution in [0.2, 0.25) is 0 Å². The number of benzene rings is 8. The van der Waals surface area contributed by atoms with Crippen molar-refractivity contribution >= 4 is 43.6 Å². The van der Waals surface area contributed by atoms with Gasteiger partial charge in [-0.2, -0.15) is 4.98 Å². The third kappa shape index (κ3) is 4.90. The molecule has 0 saturated carbocycles. The van der Waals surface area contributed by atoms with Crippen molar-refractivity contribution in [3.63, 3.8) is 0 Å². The van der Waals surface area contributed by atoms with Crippen molar-refractivity contribution in [2.24, 2.45) is 0 Å². The summed E-state index contributed by atoms with van der Waals surface area (Å²) in [5, 5.41) is 6.92. The van der Waals surface area contributed by atoms with Crippen LogP contribution in [0.5, 0.6) is 0 Å². The normalized spacial score (nSPS) is 11.5. The van der Waals surface area contributed by atoms with Crippen LogP contribution in [0.25, 0.3) is 99.6 Å². The lowest BCUT2D eigenvalue weighted by Gasteiger charge is -2.18. The molecule has 10 rings (SSSR count). The molecule has 51 heavy (non-hydrogen) atoms. The van der Waals surface area contributed by atoms with Crippen molar-refractivity contribution in [2.45, 2.75) is 0 Å². The Morgan fingerprint density at radius 2 is 0.784 bits per heavy atom. The summed E-state index contributed by atoms with van der Waals surface area (Å²) in [7, 11) is 0. The number of hydrogen-bond donors (Lipinski definition) is 0. The molecule has 0 radical (unpaired) electrons. The molecule has 238 valence electrons. The summed E-state index contributed by atoms with van der Waals surface area (Å²) in [6.45, 7) is 0. The minimum atomic E-state index is 0.588. The third-order valence-electron chi connectivity index (χ3n) is 9.89. The van der Waals surface area contributed by atoms with Gasteiger partial charge in [0, 0.05) is 16.5 Å². The van der Waals surface area contributed by atoms with Crippen LogP contribution in [0.4, 0.5) is 0 Å². The van der Waals surface area contributed by atoms with Gasteiger partial charge in [-0.05, 0) is 73.1 Å². The van der Waals surface area contributed by atoms with Gasteiger partial charge in [-0.25, -0.2) is 4.98 Å². The van der Waals surface area contributed by atoms with Gasteiger partial charge in [0.1, 0.15) is 5.58 Å². The highest BCUT2D eigenvalue weighted by molar-refractivity contribution is 6.21. The average Bonchev–Trinajstić information content (AvgIpc) is 3.59. The zero-order valence-electron chi connectivity index (χ0n) is 27.6. The van der Waals surface area contributed by atoms with Gasteiger partial charge in [-0.15, -0.1) is 0 Å². The summed E-state index contributed by atoms with van der Waals surface area (Å²) < 4.78 is 6.31. The Morgan fingerprint density at radius 1 is 0.333 bits per heavy atom. The highest BCUT2D eigenvalue weighted by atomic mass is 16.3. The summed E-state index contributed by atoms with van der Waals surface area (Å²) in [5.74, 6) is 0.631. The Bertz CT molecular complexity index is 2850. The van der Waals surface area contributed by atoms with Gasteiger partial charge in [0.25, 0.3) is 0 Å². The standard InChI is InChI=1S/C48H30N2O/c1-3-15-31(16-4-1)43-37-23-7-9-25-39(37)44(40-26-10-8-24-38(40)43)35-21-13-19-33(29-35)34-20-14-22-36(30-34)47-49-46(32-17-5-2-6-18-32)45-41-27-11-12-28-42(41)51-48(45)50-47/h1-30H. The van der Waals surface area contributed by atoms with Crippen molar-refractivity contribution in [1.82, 2.24) is 9.97 Å². The molecule has 2 heterocycles. The van der Waals surface area contributed by atoms with E-state index in [4.69, 9.17) is 14.4 Å². The second-order valence-corrected chi connectivity index (χ2v) is 12.9. The Morgan fingerprint density at radius 3 is 1.41 bits per heavy atom. The lowest BCUT2D eigenvalue weighted by molar-refractivity contribution is 0.653. The van der Waals surface area contributed by atoms with Crippen LogP contribution < -0.4 is 0 Å². The molecule has 0 aliphatic heterocycles. The lowest BCUT2D eigenvalue weighted by Crippen LogP contribution is -1.94. The third-order valence-corrected chi connectivity index (χ3v) is 9.89. The molecule has 2 aromatic heterocycles. The SMILES string of the molecule is c1ccc(-c2c3ccccc3c(-c3cccc(-c4cccc(-c5nc(-c6ccccc6)c6c(n5)oc5ccccc56)c4)c3)c3ccccc23)cc1. The lowest BCUT2D eigenvalue weighted by atomic mass is 9.85. The van der Waals surface area contributed by atoms with E-state index in [1.165, 1.54) is 43.8 Å². The molecule has 0 bridgehead atoms. The van der Waals surface area contributed by atoms with E-state index in [9.17, 15) is 0 Å². The first kappa shape index (κ1) is 29.1. The fraction of sp³-hybridized carbons (Fsp3) is 0. The fourth-order valence-electron chi connectivity index (χ4n) is 7.60. The maximum Gasteiger partial charge on any atom is 0.231 e. The second-order valence-electron chi connectivity index (χ2n) is 12.9. The van der Waals surface area contributed by atoms with Gasteiger partial charge in [-0.1, -0.05) is 164 Å². The quantitative estimate of drug-likeness (QED) is 0.174. The summed E-state index contributed by atoms with van der Waals surface area (Å²) in [6.07, 6.45) is 0. The Kier molecular flexibility index (Phi) is 6.81. The van der Waals surface area contributed by atoms with Crippen molar-refractivity contribution in [3.05, 3.63) is 182 Å². The molecule has 3 heteroatoms. The molecule has 0 fully saturated rings. The maximum absolute atomic E-state index is 6.31. The van der Waals surface area contributed by atoms with E-state index < -0.39 is 0 Å². The van der Waals surface area contributed by atoms with Crippen molar-refractivity contribution in [3.8, 4) is 56.0 Å². The van der Waals surface area contributed by atoms with E-state index in [1.807, 2.05) is 36.4 Å². The smallest absolute Gasteiger partial charge is 0.231 e. The molecule has 0 saturated heterocycles. The van der Waals surface area contributed by atoms with E-state index in [0.29, 0.717) is 11.5 Å². The molecular weight excluding hydrogens is 621 g/mol. The summed E-state index contributed by atoms with van der Waals surface area (Å²) in [4.78, 5) is 10.2. The number of rotatable bonds is 5. The van der Waals surface area contributed by atoms with Crippen LogP contribution in [-0.2, 0) is 0 Å². The monoisotopic (exact) mass is 650 g/mol. The zero-order chi connectivity index (χ0) is 33.7. The molecule has 0 spiro atoms. The highest BCUT2D eigenvalue weighted by Crippen LogP contribution is 2.44. The minimum Gasteiger partial charge on any atom is -0.438 e. The van der Waals surface area contributed by atoms with E-state index >= 15 is 0 Å². The molecule has 0 aliphatic rings. The van der Waals surface area contributed by atoms with Gasteiger partial charge in [-0.3, -0.25) is 0 Å². The van der Waals surface area contributed by atoms with Crippen LogP contribution in [0.1, 0.15) is 0 Å². The number of fused-ring (bicyclic) bond motifs is 5. The number of hydrogen-bond acceptors (Lipinski definition) is 3. The largest absolute Gasteiger partial charge is 0.438 e. The summed E-state index contributed by atoms with van der Waals surface area (Å²) >= 11 is 0. The van der Waals surface area contributed by atoms with E-state index in [1.54, 1.807) is 0 Å². The molecule has 3 nitrogen and oxygen atoms in total. The van der Waals surface area contributed by atoms with Gasteiger partial charge in [0.05, 0.1) is 11.1 Å². The molecule has 10 aromatic rings.